The molecule has 3 heterocycles. The van der Waals surface area contributed by atoms with E-state index in [0.29, 0.717) is 44.0 Å². The lowest BCUT2D eigenvalue weighted by molar-refractivity contribution is 0.320. The zero-order chi connectivity index (χ0) is 28.1. The van der Waals surface area contributed by atoms with E-state index < -0.39 is 0 Å². The number of rotatable bonds is 7. The Labute approximate surface area is 255 Å². The van der Waals surface area contributed by atoms with E-state index in [1.807, 2.05) is 59.3 Å². The highest BCUT2D eigenvalue weighted by Crippen LogP contribution is 2.51. The minimum atomic E-state index is -0.271. The summed E-state index contributed by atoms with van der Waals surface area (Å²) >= 11 is 25.4. The van der Waals surface area contributed by atoms with Gasteiger partial charge in [0.2, 0.25) is 5.90 Å². The Hall–Kier alpha value is -3.56. The first-order valence-corrected chi connectivity index (χ1v) is 14.3. The summed E-state index contributed by atoms with van der Waals surface area (Å²) in [5, 5.41) is 18.5. The van der Waals surface area contributed by atoms with E-state index in [1.165, 1.54) is 6.33 Å². The molecule has 2 aliphatic rings. The van der Waals surface area contributed by atoms with Crippen LogP contribution in [-0.4, -0.2) is 37.2 Å². The molecule has 7 rings (SSSR count). The Morgan fingerprint density at radius 2 is 1.56 bits per heavy atom. The smallest absolute Gasteiger partial charge is 0.219 e. The highest BCUT2D eigenvalue weighted by Gasteiger charge is 2.53. The van der Waals surface area contributed by atoms with Gasteiger partial charge in [-0.1, -0.05) is 70.7 Å². The van der Waals surface area contributed by atoms with Gasteiger partial charge >= 0.3 is 0 Å². The molecule has 0 bridgehead atoms. The maximum atomic E-state index is 6.71. The third kappa shape index (κ3) is 4.85. The Kier molecular flexibility index (Phi) is 6.66. The topological polar surface area (TPSA) is 73.4 Å². The minimum absolute atomic E-state index is 0.209. The molecule has 1 aliphatic heterocycles. The van der Waals surface area contributed by atoms with Gasteiger partial charge in [0, 0.05) is 26.2 Å². The molecule has 0 atom stereocenters. The predicted octanol–water partition coefficient (Wildman–Crippen LogP) is 7.63. The summed E-state index contributed by atoms with van der Waals surface area (Å²) in [5.74, 6) is 1.28. The largest absolute Gasteiger partial charge is 0.456 e. The zero-order valence-corrected chi connectivity index (χ0v) is 24.4. The molecule has 12 heteroatoms. The van der Waals surface area contributed by atoms with E-state index in [-0.39, 0.29) is 12.1 Å². The average Bonchev–Trinajstić information content (AvgIpc) is 3.29. The van der Waals surface area contributed by atoms with Crippen molar-refractivity contribution in [2.75, 3.05) is 11.7 Å². The molecular weight excluding hydrogens is 604 g/mol. The maximum absolute atomic E-state index is 6.71. The lowest BCUT2D eigenvalue weighted by Crippen LogP contribution is -2.20. The molecular formula is C29H21Cl4N7O. The predicted molar refractivity (Wildman–Crippen MR) is 161 cm³/mol. The van der Waals surface area contributed by atoms with Gasteiger partial charge in [0.05, 0.1) is 28.4 Å². The highest BCUT2D eigenvalue weighted by atomic mass is 35.5. The summed E-state index contributed by atoms with van der Waals surface area (Å²) in [6, 6.07) is 20.8. The van der Waals surface area contributed by atoms with E-state index in [2.05, 4.69) is 10.1 Å². The molecule has 1 fully saturated rings. The summed E-state index contributed by atoms with van der Waals surface area (Å²) in [5.41, 5.74) is 4.07. The van der Waals surface area contributed by atoms with Gasteiger partial charge in [-0.3, -0.25) is 0 Å². The van der Waals surface area contributed by atoms with Crippen LogP contribution in [0, 0.1) is 0 Å². The monoisotopic (exact) mass is 623 g/mol. The Balaban J connectivity index is 1.39. The van der Waals surface area contributed by atoms with Crippen LogP contribution >= 0.6 is 46.4 Å². The van der Waals surface area contributed by atoms with Crippen LogP contribution in [0.4, 0.5) is 5.82 Å². The van der Waals surface area contributed by atoms with Gasteiger partial charge in [-0.25, -0.2) is 19.4 Å². The third-order valence-electron chi connectivity index (χ3n) is 7.34. The van der Waals surface area contributed by atoms with E-state index in [0.717, 1.165) is 35.2 Å². The van der Waals surface area contributed by atoms with Crippen molar-refractivity contribution in [2.24, 2.45) is 5.10 Å². The standard InChI is InChI=1S/C29H21Cl4N7O/c30-20-5-1-18(2-6-20)26-23(14-38-16-34-15-35-38)27(36-40(26)25-10-9-22(32)13-24(25)33)39-17-41-28(37-39)29(11-12-29)19-3-7-21(31)8-4-19/h1-10,13,15-16H,11-12,14,17H2. The first-order valence-electron chi connectivity index (χ1n) is 12.8. The second-order valence-electron chi connectivity index (χ2n) is 9.93. The van der Waals surface area contributed by atoms with Crippen LogP contribution in [0.1, 0.15) is 24.0 Å². The minimum Gasteiger partial charge on any atom is -0.456 e. The summed E-state index contributed by atoms with van der Waals surface area (Å²) in [6.07, 6.45) is 5.05. The van der Waals surface area contributed by atoms with Crippen molar-refractivity contribution < 1.29 is 4.74 Å². The van der Waals surface area contributed by atoms with Crippen molar-refractivity contribution in [1.82, 2.24) is 24.5 Å². The quantitative estimate of drug-likeness (QED) is 0.186. The van der Waals surface area contributed by atoms with Gasteiger partial charge < -0.3 is 4.74 Å². The first kappa shape index (κ1) is 26.3. The molecule has 5 aromatic rings. The third-order valence-corrected chi connectivity index (χ3v) is 8.38. The van der Waals surface area contributed by atoms with Gasteiger partial charge in [-0.05, 0) is 60.9 Å². The van der Waals surface area contributed by atoms with Crippen LogP contribution in [0.3, 0.4) is 0 Å². The van der Waals surface area contributed by atoms with Crippen molar-refractivity contribution in [3.05, 3.63) is 111 Å². The fourth-order valence-corrected chi connectivity index (χ4v) is 5.89. The number of benzene rings is 3. The molecule has 0 saturated heterocycles. The normalized spacial score (nSPS) is 15.6. The molecule has 0 N–H and O–H groups in total. The molecule has 0 unspecified atom stereocenters. The van der Waals surface area contributed by atoms with Crippen LogP contribution in [0.5, 0.6) is 0 Å². The van der Waals surface area contributed by atoms with Crippen LogP contribution in [0.15, 0.2) is 84.5 Å². The average molecular weight is 625 g/mol. The number of aromatic nitrogens is 5. The highest BCUT2D eigenvalue weighted by molar-refractivity contribution is 6.35. The van der Waals surface area contributed by atoms with E-state index in [1.54, 1.807) is 28.2 Å². The number of nitrogens with zero attached hydrogens (tertiary/aromatic N) is 7. The molecule has 206 valence electrons. The molecule has 0 amide bonds. The van der Waals surface area contributed by atoms with E-state index >= 15 is 0 Å². The number of ether oxygens (including phenoxy) is 1. The Bertz CT molecular complexity index is 1760. The van der Waals surface area contributed by atoms with Crippen molar-refractivity contribution in [1.29, 1.82) is 0 Å². The molecule has 8 nitrogen and oxygen atoms in total. The maximum Gasteiger partial charge on any atom is 0.219 e. The summed E-state index contributed by atoms with van der Waals surface area (Å²) in [7, 11) is 0. The Morgan fingerprint density at radius 3 is 2.22 bits per heavy atom. The van der Waals surface area contributed by atoms with E-state index in [4.69, 9.17) is 61.3 Å². The second-order valence-corrected chi connectivity index (χ2v) is 11.6. The molecule has 0 radical (unpaired) electrons. The lowest BCUT2D eigenvalue weighted by Gasteiger charge is -2.13. The number of hydrogen-bond donors (Lipinski definition) is 0. The Morgan fingerprint density at radius 1 is 0.854 bits per heavy atom. The molecule has 1 saturated carbocycles. The van der Waals surface area contributed by atoms with Crippen LogP contribution < -0.4 is 5.01 Å². The molecule has 0 spiro atoms. The van der Waals surface area contributed by atoms with Crippen molar-refractivity contribution in [3.8, 4) is 16.9 Å². The summed E-state index contributed by atoms with van der Waals surface area (Å²) in [6.45, 7) is 0.586. The van der Waals surface area contributed by atoms with Crippen LogP contribution in [0.2, 0.25) is 20.1 Å². The SMILES string of the molecule is Clc1ccc(-c2c(Cn3cncn3)c(N3COC(C4(c5ccc(Cl)cc5)CC4)=N3)nn2-c2ccc(Cl)cc2Cl)cc1. The van der Waals surface area contributed by atoms with Gasteiger partial charge in [-0.2, -0.15) is 5.10 Å². The van der Waals surface area contributed by atoms with Gasteiger partial charge in [0.1, 0.15) is 12.7 Å². The van der Waals surface area contributed by atoms with Crippen LogP contribution in [0.25, 0.3) is 16.9 Å². The number of halogens is 4. The van der Waals surface area contributed by atoms with Crippen molar-refractivity contribution >= 4 is 58.1 Å². The second kappa shape index (κ2) is 10.4. The first-order chi connectivity index (χ1) is 19.9. The molecule has 41 heavy (non-hydrogen) atoms. The molecule has 2 aromatic heterocycles. The van der Waals surface area contributed by atoms with Crippen molar-refractivity contribution in [3.63, 3.8) is 0 Å². The van der Waals surface area contributed by atoms with Gasteiger partial charge in [0.25, 0.3) is 0 Å². The van der Waals surface area contributed by atoms with Gasteiger partial charge in [0.15, 0.2) is 12.5 Å². The lowest BCUT2D eigenvalue weighted by atomic mass is 9.96. The van der Waals surface area contributed by atoms with Crippen LogP contribution in [-0.2, 0) is 16.7 Å². The molecule has 1 aliphatic carbocycles. The summed E-state index contributed by atoms with van der Waals surface area (Å²) < 4.78 is 9.79. The van der Waals surface area contributed by atoms with Crippen molar-refractivity contribution in [2.45, 2.75) is 24.8 Å². The zero-order valence-electron chi connectivity index (χ0n) is 21.4. The fourth-order valence-electron chi connectivity index (χ4n) is 5.15. The number of hydrazone groups is 1. The summed E-state index contributed by atoms with van der Waals surface area (Å²) in [4.78, 5) is 4.14. The molecule has 3 aromatic carbocycles. The fraction of sp³-hybridized carbons (Fsp3) is 0.172. The number of anilines is 1. The van der Waals surface area contributed by atoms with Gasteiger partial charge in [-0.15, -0.1) is 10.2 Å². The number of hydrogen-bond acceptors (Lipinski definition) is 6. The van der Waals surface area contributed by atoms with E-state index in [9.17, 15) is 0 Å².